The van der Waals surface area contributed by atoms with E-state index in [9.17, 15) is 5.26 Å². The van der Waals surface area contributed by atoms with Crippen molar-refractivity contribution < 1.29 is 4.74 Å². The highest BCUT2D eigenvalue weighted by molar-refractivity contribution is 5.47. The normalized spacial score (nSPS) is 42.8. The minimum Gasteiger partial charge on any atom is -0.384 e. The van der Waals surface area contributed by atoms with Crippen molar-refractivity contribution in [2.75, 3.05) is 19.5 Å². The van der Waals surface area contributed by atoms with Crippen LogP contribution in [0.1, 0.15) is 83.2 Å². The van der Waals surface area contributed by atoms with Crippen molar-refractivity contribution in [2.24, 2.45) is 46.8 Å². The number of anilines is 1. The van der Waals surface area contributed by atoms with Gasteiger partial charge >= 0.3 is 0 Å². The molecule has 0 amide bonds. The number of nitriles is 1. The van der Waals surface area contributed by atoms with Crippen molar-refractivity contribution in [3.8, 4) is 6.07 Å². The zero-order valence-electron chi connectivity index (χ0n) is 19.6. The predicted molar refractivity (Wildman–Crippen MR) is 122 cm³/mol. The number of fused-ring (bicyclic) bond motifs is 5. The maximum Gasteiger partial charge on any atom is 0.140 e. The van der Waals surface area contributed by atoms with Crippen LogP contribution >= 0.6 is 0 Å². The van der Waals surface area contributed by atoms with Gasteiger partial charge in [0.2, 0.25) is 0 Å². The Kier molecular flexibility index (Phi) is 5.57. The number of hydrogen-bond acceptors (Lipinski definition) is 4. The van der Waals surface area contributed by atoms with Gasteiger partial charge in [-0.25, -0.2) is 4.68 Å². The van der Waals surface area contributed by atoms with Gasteiger partial charge in [0, 0.05) is 13.7 Å². The van der Waals surface area contributed by atoms with Crippen LogP contribution in [0.4, 0.5) is 5.82 Å². The summed E-state index contributed by atoms with van der Waals surface area (Å²) in [5, 5.41) is 13.8. The van der Waals surface area contributed by atoms with Crippen LogP contribution < -0.4 is 5.73 Å². The van der Waals surface area contributed by atoms with Crippen molar-refractivity contribution in [1.29, 1.82) is 5.26 Å². The summed E-state index contributed by atoms with van der Waals surface area (Å²) in [6.45, 7) is 5.82. The molecular formula is C26H40N4O. The largest absolute Gasteiger partial charge is 0.384 e. The summed E-state index contributed by atoms with van der Waals surface area (Å²) in [4.78, 5) is 0. The lowest BCUT2D eigenvalue weighted by atomic mass is 9.49. The van der Waals surface area contributed by atoms with Gasteiger partial charge in [-0.15, -0.1) is 0 Å². The maximum atomic E-state index is 9.30. The molecule has 4 saturated carbocycles. The van der Waals surface area contributed by atoms with Crippen molar-refractivity contribution in [1.82, 2.24) is 9.78 Å². The summed E-state index contributed by atoms with van der Waals surface area (Å²) >= 11 is 0. The van der Waals surface area contributed by atoms with Crippen molar-refractivity contribution in [3.63, 3.8) is 0 Å². The van der Waals surface area contributed by atoms with E-state index in [-0.39, 0.29) is 6.04 Å². The van der Waals surface area contributed by atoms with Crippen LogP contribution in [0.15, 0.2) is 6.20 Å². The van der Waals surface area contributed by atoms with E-state index in [1.807, 2.05) is 11.8 Å². The minimum atomic E-state index is 0.259. The lowest BCUT2D eigenvalue weighted by Crippen LogP contribution is -2.49. The standard InChI is InChI=1S/C26H40N4O/c1-16(30-25(28)19(13-27)14-29-30)23-8-9-24-22-7-5-18-12-17(15-31-3)4-6-20(18)21(22)10-11-26(23,24)2/h14,16-18,20-24H,4-12,15,28H2,1-3H3/t16-,17-,18+,20-,21?,22+,23?,24?,26+/m0/s1. The van der Waals surface area contributed by atoms with Gasteiger partial charge in [-0.05, 0) is 112 Å². The van der Waals surface area contributed by atoms with E-state index in [4.69, 9.17) is 10.5 Å². The summed E-state index contributed by atoms with van der Waals surface area (Å²) in [6.07, 6.45) is 14.1. The van der Waals surface area contributed by atoms with Crippen LogP contribution in [0.2, 0.25) is 0 Å². The van der Waals surface area contributed by atoms with Crippen LogP contribution in [0.5, 0.6) is 0 Å². The number of rotatable bonds is 4. The number of ether oxygens (including phenoxy) is 1. The Morgan fingerprint density at radius 2 is 2.00 bits per heavy atom. The Bertz CT molecular complexity index is 843. The van der Waals surface area contributed by atoms with Gasteiger partial charge in [0.25, 0.3) is 0 Å². The second-order valence-corrected chi connectivity index (χ2v) is 11.5. The van der Waals surface area contributed by atoms with E-state index < -0.39 is 0 Å². The third kappa shape index (κ3) is 3.32. The zero-order valence-corrected chi connectivity index (χ0v) is 19.6. The Labute approximate surface area is 187 Å². The summed E-state index contributed by atoms with van der Waals surface area (Å²) < 4.78 is 7.43. The summed E-state index contributed by atoms with van der Waals surface area (Å²) in [7, 11) is 1.86. The molecule has 5 nitrogen and oxygen atoms in total. The lowest BCUT2D eigenvalue weighted by molar-refractivity contribution is -0.0764. The first-order valence-electron chi connectivity index (χ1n) is 12.7. The molecule has 4 fully saturated rings. The molecule has 0 saturated heterocycles. The van der Waals surface area contributed by atoms with E-state index >= 15 is 0 Å². The Morgan fingerprint density at radius 3 is 2.74 bits per heavy atom. The number of hydrogen-bond donors (Lipinski definition) is 1. The number of nitrogens with zero attached hydrogens (tertiary/aromatic N) is 3. The minimum absolute atomic E-state index is 0.259. The van der Waals surface area contributed by atoms with Gasteiger partial charge in [0.1, 0.15) is 17.5 Å². The first kappa shape index (κ1) is 21.3. The van der Waals surface area contributed by atoms with E-state index in [0.29, 0.717) is 22.7 Å². The fraction of sp³-hybridized carbons (Fsp3) is 0.846. The van der Waals surface area contributed by atoms with Crippen molar-refractivity contribution in [2.45, 2.75) is 77.7 Å². The average Bonchev–Trinajstić information content (AvgIpc) is 3.32. The third-order valence-electron chi connectivity index (χ3n) is 10.5. The fourth-order valence-electron chi connectivity index (χ4n) is 9.12. The van der Waals surface area contributed by atoms with Crippen LogP contribution in [0, 0.1) is 58.2 Å². The van der Waals surface area contributed by atoms with E-state index in [0.717, 1.165) is 42.1 Å². The second-order valence-electron chi connectivity index (χ2n) is 11.5. The Hall–Kier alpha value is -1.54. The van der Waals surface area contributed by atoms with Gasteiger partial charge in [0.15, 0.2) is 0 Å². The molecule has 0 aliphatic heterocycles. The van der Waals surface area contributed by atoms with E-state index in [1.165, 1.54) is 57.8 Å². The summed E-state index contributed by atoms with van der Waals surface area (Å²) in [6, 6.07) is 2.44. The maximum absolute atomic E-state index is 9.30. The lowest BCUT2D eigenvalue weighted by Gasteiger charge is -2.56. The van der Waals surface area contributed by atoms with Crippen LogP contribution in [0.3, 0.4) is 0 Å². The molecule has 0 radical (unpaired) electrons. The molecule has 2 N–H and O–H groups in total. The van der Waals surface area contributed by atoms with Gasteiger partial charge in [-0.3, -0.25) is 0 Å². The number of nitrogens with two attached hydrogens (primary N) is 1. The molecule has 1 aromatic heterocycles. The van der Waals surface area contributed by atoms with Crippen LogP contribution in [-0.4, -0.2) is 23.5 Å². The number of methoxy groups -OCH3 is 1. The van der Waals surface area contributed by atoms with E-state index in [1.54, 1.807) is 6.20 Å². The van der Waals surface area contributed by atoms with Crippen molar-refractivity contribution >= 4 is 5.82 Å². The topological polar surface area (TPSA) is 76.9 Å². The third-order valence-corrected chi connectivity index (χ3v) is 10.5. The Morgan fingerprint density at radius 1 is 1.19 bits per heavy atom. The zero-order chi connectivity index (χ0) is 21.8. The molecule has 4 aliphatic carbocycles. The highest BCUT2D eigenvalue weighted by Gasteiger charge is 2.58. The SMILES string of the molecule is COC[C@H]1CC[C@@H]2C3CC[C@@]4(C)C(CCC4[C@H](C)n4ncc(C#N)c4N)[C@@H]3CC[C@@H]2C1. The van der Waals surface area contributed by atoms with Gasteiger partial charge < -0.3 is 10.5 Å². The predicted octanol–water partition coefficient (Wildman–Crippen LogP) is 5.43. The monoisotopic (exact) mass is 424 g/mol. The number of nitrogen functional groups attached to an aromatic ring is 1. The molecule has 3 unspecified atom stereocenters. The molecule has 5 rings (SSSR count). The molecule has 31 heavy (non-hydrogen) atoms. The molecular weight excluding hydrogens is 384 g/mol. The summed E-state index contributed by atoms with van der Waals surface area (Å²) in [5.74, 6) is 6.58. The molecule has 0 aromatic carbocycles. The molecule has 170 valence electrons. The molecule has 0 bridgehead atoms. The van der Waals surface area contributed by atoms with Crippen molar-refractivity contribution in [3.05, 3.63) is 11.8 Å². The molecule has 4 aliphatic rings. The average molecular weight is 425 g/mol. The van der Waals surface area contributed by atoms with Crippen LogP contribution in [-0.2, 0) is 4.74 Å². The Balaban J connectivity index is 1.33. The van der Waals surface area contributed by atoms with Gasteiger partial charge in [-0.2, -0.15) is 10.4 Å². The highest BCUT2D eigenvalue weighted by atomic mass is 16.5. The highest BCUT2D eigenvalue weighted by Crippen LogP contribution is 2.66. The first-order chi connectivity index (χ1) is 15.0. The first-order valence-corrected chi connectivity index (χ1v) is 12.7. The molecule has 9 atom stereocenters. The fourth-order valence-corrected chi connectivity index (χ4v) is 9.12. The number of aromatic nitrogens is 2. The molecule has 1 aromatic rings. The quantitative estimate of drug-likeness (QED) is 0.699. The second kappa shape index (κ2) is 8.10. The molecule has 5 heteroatoms. The van der Waals surface area contributed by atoms with Crippen LogP contribution in [0.25, 0.3) is 0 Å². The summed E-state index contributed by atoms with van der Waals surface area (Å²) in [5.41, 5.74) is 7.17. The smallest absolute Gasteiger partial charge is 0.140 e. The van der Waals surface area contributed by atoms with E-state index in [2.05, 4.69) is 25.0 Å². The molecule has 1 heterocycles. The van der Waals surface area contributed by atoms with Gasteiger partial charge in [0.05, 0.1) is 12.2 Å². The van der Waals surface area contributed by atoms with Gasteiger partial charge in [-0.1, -0.05) is 6.92 Å². The molecule has 0 spiro atoms.